The summed E-state index contributed by atoms with van der Waals surface area (Å²) in [5.74, 6) is 0.609. The average molecular weight is 288 g/mol. The molecule has 0 spiro atoms. The molecule has 2 nitrogen and oxygen atoms in total. The Hall–Kier alpha value is -1.87. The summed E-state index contributed by atoms with van der Waals surface area (Å²) < 4.78 is 19.8. The lowest BCUT2D eigenvalue weighted by Crippen LogP contribution is -2.00. The number of aliphatic hydroxyl groups excluding tert-OH is 1. The maximum atomic E-state index is 14.1. The van der Waals surface area contributed by atoms with Crippen LogP contribution in [0.4, 0.5) is 4.39 Å². The number of hydrogen-bond acceptors (Lipinski definition) is 2. The van der Waals surface area contributed by atoms with Crippen molar-refractivity contribution in [1.29, 1.82) is 0 Å². The lowest BCUT2D eigenvalue weighted by atomic mass is 10.0. The molecule has 0 fully saturated rings. The zero-order valence-electron chi connectivity index (χ0n) is 12.9. The van der Waals surface area contributed by atoms with Gasteiger partial charge in [-0.3, -0.25) is 0 Å². The summed E-state index contributed by atoms with van der Waals surface area (Å²) in [7, 11) is 0. The highest BCUT2D eigenvalue weighted by Gasteiger charge is 2.16. The fourth-order valence-corrected chi connectivity index (χ4v) is 2.16. The largest absolute Gasteiger partial charge is 0.454 e. The van der Waals surface area contributed by atoms with Crippen molar-refractivity contribution in [3.8, 4) is 11.5 Å². The van der Waals surface area contributed by atoms with Gasteiger partial charge in [0.1, 0.15) is 5.75 Å². The highest BCUT2D eigenvalue weighted by molar-refractivity contribution is 5.44. The Labute approximate surface area is 125 Å². The Kier molecular flexibility index (Phi) is 4.63. The van der Waals surface area contributed by atoms with E-state index in [9.17, 15) is 9.50 Å². The van der Waals surface area contributed by atoms with Gasteiger partial charge in [0.2, 0.25) is 0 Å². The van der Waals surface area contributed by atoms with E-state index in [1.807, 2.05) is 25.1 Å². The lowest BCUT2D eigenvalue weighted by molar-refractivity contribution is 0.194. The van der Waals surface area contributed by atoms with E-state index in [0.717, 1.165) is 11.1 Å². The van der Waals surface area contributed by atoms with E-state index in [1.54, 1.807) is 19.1 Å². The van der Waals surface area contributed by atoms with Crippen LogP contribution in [0.25, 0.3) is 0 Å². The van der Waals surface area contributed by atoms with Gasteiger partial charge >= 0.3 is 0 Å². The minimum Gasteiger partial charge on any atom is -0.454 e. The molecule has 0 amide bonds. The molecular formula is C18H21FO2. The highest BCUT2D eigenvalue weighted by atomic mass is 19.1. The maximum absolute atomic E-state index is 14.1. The third-order valence-corrected chi connectivity index (χ3v) is 3.54. The van der Waals surface area contributed by atoms with Crippen LogP contribution in [0.1, 0.15) is 49.5 Å². The highest BCUT2D eigenvalue weighted by Crippen LogP contribution is 2.34. The molecule has 0 radical (unpaired) electrons. The monoisotopic (exact) mass is 288 g/mol. The van der Waals surface area contributed by atoms with Crippen molar-refractivity contribution in [2.45, 2.75) is 39.7 Å². The SMILES string of the molecule is Cc1ccc(C(C)C)cc1Oc1c(F)cccc1[C@@H](C)O. The number of para-hydroxylation sites is 1. The molecule has 0 unspecified atom stereocenters. The van der Waals surface area contributed by atoms with Crippen molar-refractivity contribution < 1.29 is 14.2 Å². The minimum atomic E-state index is -0.788. The zero-order chi connectivity index (χ0) is 15.6. The van der Waals surface area contributed by atoms with Gasteiger partial charge in [-0.15, -0.1) is 0 Å². The van der Waals surface area contributed by atoms with Gasteiger partial charge in [-0.05, 0) is 43.0 Å². The first-order valence-electron chi connectivity index (χ1n) is 7.15. The molecule has 0 saturated carbocycles. The fourth-order valence-electron chi connectivity index (χ4n) is 2.16. The summed E-state index contributed by atoms with van der Waals surface area (Å²) in [5, 5.41) is 9.77. The Morgan fingerprint density at radius 1 is 1.10 bits per heavy atom. The zero-order valence-corrected chi connectivity index (χ0v) is 12.9. The molecule has 0 saturated heterocycles. The Morgan fingerprint density at radius 2 is 1.81 bits per heavy atom. The number of halogens is 1. The van der Waals surface area contributed by atoms with Gasteiger partial charge in [0.15, 0.2) is 11.6 Å². The second-order valence-electron chi connectivity index (χ2n) is 5.62. The van der Waals surface area contributed by atoms with Crippen LogP contribution >= 0.6 is 0 Å². The minimum absolute atomic E-state index is 0.0940. The average Bonchev–Trinajstić information content (AvgIpc) is 2.42. The van der Waals surface area contributed by atoms with Crippen LogP contribution in [0.5, 0.6) is 11.5 Å². The molecule has 0 heterocycles. The number of aryl methyl sites for hydroxylation is 1. The molecule has 112 valence electrons. The van der Waals surface area contributed by atoms with E-state index in [4.69, 9.17) is 4.74 Å². The third-order valence-electron chi connectivity index (χ3n) is 3.54. The van der Waals surface area contributed by atoms with E-state index in [2.05, 4.69) is 13.8 Å². The summed E-state index contributed by atoms with van der Waals surface area (Å²) in [6.07, 6.45) is -0.788. The molecule has 3 heteroatoms. The Balaban J connectivity index is 2.45. The van der Waals surface area contributed by atoms with Gasteiger partial charge in [0, 0.05) is 5.56 Å². The number of rotatable bonds is 4. The van der Waals surface area contributed by atoms with E-state index < -0.39 is 11.9 Å². The van der Waals surface area contributed by atoms with Gasteiger partial charge in [-0.25, -0.2) is 4.39 Å². The number of hydrogen-bond donors (Lipinski definition) is 1. The lowest BCUT2D eigenvalue weighted by Gasteiger charge is -2.16. The van der Waals surface area contributed by atoms with Crippen molar-refractivity contribution in [2.75, 3.05) is 0 Å². The van der Waals surface area contributed by atoms with Crippen molar-refractivity contribution in [3.05, 3.63) is 58.9 Å². The summed E-state index contributed by atoms with van der Waals surface area (Å²) in [6, 6.07) is 10.5. The first-order valence-corrected chi connectivity index (χ1v) is 7.15. The molecule has 21 heavy (non-hydrogen) atoms. The van der Waals surface area contributed by atoms with Crippen molar-refractivity contribution in [3.63, 3.8) is 0 Å². The van der Waals surface area contributed by atoms with Crippen LogP contribution < -0.4 is 4.74 Å². The Bertz CT molecular complexity index is 633. The van der Waals surface area contributed by atoms with E-state index >= 15 is 0 Å². The molecule has 0 aliphatic carbocycles. The van der Waals surface area contributed by atoms with Crippen LogP contribution in [0.15, 0.2) is 36.4 Å². The van der Waals surface area contributed by atoms with Crippen LogP contribution in [0.3, 0.4) is 0 Å². The van der Waals surface area contributed by atoms with Crippen LogP contribution in [0.2, 0.25) is 0 Å². The quantitative estimate of drug-likeness (QED) is 0.847. The predicted octanol–water partition coefficient (Wildman–Crippen LogP) is 5.10. The van der Waals surface area contributed by atoms with Crippen LogP contribution in [-0.2, 0) is 0 Å². The van der Waals surface area contributed by atoms with Gasteiger partial charge in [0.05, 0.1) is 6.10 Å². The molecular weight excluding hydrogens is 267 g/mol. The summed E-state index contributed by atoms with van der Waals surface area (Å²) in [6.45, 7) is 7.71. The molecule has 0 bridgehead atoms. The number of ether oxygens (including phenoxy) is 1. The molecule has 1 atom stereocenters. The second-order valence-corrected chi connectivity index (χ2v) is 5.62. The van der Waals surface area contributed by atoms with Crippen molar-refractivity contribution in [1.82, 2.24) is 0 Å². The number of benzene rings is 2. The molecule has 0 aliphatic heterocycles. The maximum Gasteiger partial charge on any atom is 0.168 e. The fraction of sp³-hybridized carbons (Fsp3) is 0.333. The normalized spacial score (nSPS) is 12.5. The summed E-state index contributed by atoms with van der Waals surface area (Å²) in [4.78, 5) is 0. The molecule has 1 N–H and O–H groups in total. The molecule has 0 aromatic heterocycles. The molecule has 2 rings (SSSR count). The van der Waals surface area contributed by atoms with Gasteiger partial charge in [-0.2, -0.15) is 0 Å². The van der Waals surface area contributed by atoms with E-state index in [-0.39, 0.29) is 5.75 Å². The third kappa shape index (κ3) is 3.42. The first-order chi connectivity index (χ1) is 9.90. The van der Waals surface area contributed by atoms with E-state index in [0.29, 0.717) is 17.2 Å². The second kappa shape index (κ2) is 6.27. The Morgan fingerprint density at radius 3 is 2.43 bits per heavy atom. The van der Waals surface area contributed by atoms with Gasteiger partial charge < -0.3 is 9.84 Å². The first kappa shape index (κ1) is 15.5. The topological polar surface area (TPSA) is 29.5 Å². The van der Waals surface area contributed by atoms with Crippen molar-refractivity contribution >= 4 is 0 Å². The summed E-state index contributed by atoms with van der Waals surface area (Å²) in [5.41, 5.74) is 2.51. The predicted molar refractivity (Wildman–Crippen MR) is 82.4 cm³/mol. The van der Waals surface area contributed by atoms with Gasteiger partial charge in [0.25, 0.3) is 0 Å². The van der Waals surface area contributed by atoms with E-state index in [1.165, 1.54) is 6.07 Å². The number of aliphatic hydroxyl groups is 1. The van der Waals surface area contributed by atoms with Crippen molar-refractivity contribution in [2.24, 2.45) is 0 Å². The van der Waals surface area contributed by atoms with Crippen LogP contribution in [-0.4, -0.2) is 5.11 Å². The molecule has 2 aromatic carbocycles. The smallest absolute Gasteiger partial charge is 0.168 e. The molecule has 0 aliphatic rings. The molecule has 2 aromatic rings. The standard InChI is InChI=1S/C18H21FO2/c1-11(2)14-9-8-12(3)17(10-14)21-18-15(13(4)20)6-5-7-16(18)19/h5-11,13,20H,1-4H3/t13-/m1/s1. The van der Waals surface area contributed by atoms with Gasteiger partial charge in [-0.1, -0.05) is 38.1 Å². The summed E-state index contributed by atoms with van der Waals surface area (Å²) >= 11 is 0. The van der Waals surface area contributed by atoms with Crippen LogP contribution in [0, 0.1) is 12.7 Å².